The van der Waals surface area contributed by atoms with Crippen LogP contribution in [0.4, 0.5) is 5.69 Å². The van der Waals surface area contributed by atoms with Gasteiger partial charge in [0.05, 0.1) is 4.90 Å². The Hall–Kier alpha value is -2.97. The van der Waals surface area contributed by atoms with Crippen molar-refractivity contribution in [3.63, 3.8) is 0 Å². The van der Waals surface area contributed by atoms with Crippen molar-refractivity contribution >= 4 is 27.5 Å². The number of fused-ring (bicyclic) bond motifs is 1. The van der Waals surface area contributed by atoms with E-state index in [1.54, 1.807) is 36.4 Å². The Labute approximate surface area is 194 Å². The molecule has 8 heteroatoms. The first-order valence-electron chi connectivity index (χ1n) is 11.4. The van der Waals surface area contributed by atoms with Crippen molar-refractivity contribution in [2.75, 3.05) is 11.9 Å². The molecule has 174 valence electrons. The van der Waals surface area contributed by atoms with E-state index in [1.807, 2.05) is 6.07 Å². The molecule has 2 aliphatic rings. The third kappa shape index (κ3) is 5.89. The molecule has 1 atom stereocenters. The van der Waals surface area contributed by atoms with E-state index in [0.717, 1.165) is 24.8 Å². The smallest absolute Gasteiger partial charge is 0.242 e. The summed E-state index contributed by atoms with van der Waals surface area (Å²) in [7, 11) is -3.98. The number of carbonyl (C=O) groups is 2. The van der Waals surface area contributed by atoms with Gasteiger partial charge in [0, 0.05) is 18.7 Å². The lowest BCUT2D eigenvalue weighted by atomic mass is 9.97. The van der Waals surface area contributed by atoms with Crippen molar-refractivity contribution < 1.29 is 18.0 Å². The van der Waals surface area contributed by atoms with Gasteiger partial charge in [-0.25, -0.2) is 8.42 Å². The maximum Gasteiger partial charge on any atom is 0.242 e. The van der Waals surface area contributed by atoms with Crippen LogP contribution in [-0.4, -0.2) is 26.8 Å². The number of hydrogen-bond donors (Lipinski definition) is 3. The van der Waals surface area contributed by atoms with E-state index < -0.39 is 16.1 Å². The van der Waals surface area contributed by atoms with Crippen LogP contribution in [0.3, 0.4) is 0 Å². The zero-order chi connectivity index (χ0) is 23.3. The van der Waals surface area contributed by atoms with E-state index in [9.17, 15) is 18.0 Å². The number of benzene rings is 2. The number of allylic oxidation sites excluding steroid dienone is 1. The molecule has 2 aromatic carbocycles. The Morgan fingerprint density at radius 1 is 1.03 bits per heavy atom. The summed E-state index contributed by atoms with van der Waals surface area (Å²) in [5.74, 6) is -0.465. The van der Waals surface area contributed by atoms with Crippen LogP contribution < -0.4 is 15.4 Å². The zero-order valence-electron chi connectivity index (χ0n) is 18.5. The molecule has 0 saturated heterocycles. The largest absolute Gasteiger partial charge is 0.354 e. The number of carbonyl (C=O) groups excluding carboxylic acids is 2. The number of nitrogens with one attached hydrogen (secondary N) is 3. The van der Waals surface area contributed by atoms with Gasteiger partial charge in [-0.05, 0) is 67.9 Å². The third-order valence-corrected chi connectivity index (χ3v) is 7.50. The molecule has 1 aliphatic heterocycles. The molecule has 1 unspecified atom stereocenters. The number of anilines is 1. The molecule has 3 N–H and O–H groups in total. The van der Waals surface area contributed by atoms with Gasteiger partial charge >= 0.3 is 0 Å². The number of aryl methyl sites for hydroxylation is 1. The average Bonchev–Trinajstić information content (AvgIpc) is 2.83. The summed E-state index contributed by atoms with van der Waals surface area (Å²) in [5, 5.41) is 5.65. The molecule has 33 heavy (non-hydrogen) atoms. The van der Waals surface area contributed by atoms with Crippen LogP contribution in [0.25, 0.3) is 0 Å². The highest BCUT2D eigenvalue weighted by Crippen LogP contribution is 2.26. The topological polar surface area (TPSA) is 104 Å². The number of sulfonamides is 1. The molecule has 0 saturated carbocycles. The maximum absolute atomic E-state index is 13.2. The minimum Gasteiger partial charge on any atom is -0.354 e. The van der Waals surface area contributed by atoms with E-state index in [-0.39, 0.29) is 16.7 Å². The Morgan fingerprint density at radius 3 is 2.61 bits per heavy atom. The average molecular weight is 468 g/mol. The summed E-state index contributed by atoms with van der Waals surface area (Å²) in [5.41, 5.74) is 3.30. The summed E-state index contributed by atoms with van der Waals surface area (Å²) in [6, 6.07) is 12.4. The van der Waals surface area contributed by atoms with Crippen molar-refractivity contribution in [1.29, 1.82) is 0 Å². The molecule has 1 heterocycles. The van der Waals surface area contributed by atoms with Gasteiger partial charge in [-0.15, -0.1) is 0 Å². The van der Waals surface area contributed by atoms with Gasteiger partial charge in [-0.2, -0.15) is 4.72 Å². The lowest BCUT2D eigenvalue weighted by Gasteiger charge is -2.21. The van der Waals surface area contributed by atoms with Gasteiger partial charge in [0.15, 0.2) is 0 Å². The zero-order valence-corrected chi connectivity index (χ0v) is 19.3. The molecule has 2 amide bonds. The molecule has 7 nitrogen and oxygen atoms in total. The third-order valence-electron chi connectivity index (χ3n) is 6.08. The molecule has 1 aliphatic carbocycles. The minimum atomic E-state index is -3.98. The Bertz CT molecular complexity index is 1160. The van der Waals surface area contributed by atoms with Crippen LogP contribution in [-0.2, 0) is 26.0 Å². The highest BCUT2D eigenvalue weighted by Gasteiger charge is 2.28. The molecule has 4 rings (SSSR count). The van der Waals surface area contributed by atoms with E-state index in [1.165, 1.54) is 24.5 Å². The Kier molecular flexibility index (Phi) is 7.25. The van der Waals surface area contributed by atoms with Gasteiger partial charge < -0.3 is 10.6 Å². The van der Waals surface area contributed by atoms with E-state index in [0.29, 0.717) is 30.6 Å². The van der Waals surface area contributed by atoms with Crippen molar-refractivity contribution in [2.24, 2.45) is 0 Å². The fraction of sp³-hybridized carbons (Fsp3) is 0.360. The second-order valence-corrected chi connectivity index (χ2v) is 10.2. The summed E-state index contributed by atoms with van der Waals surface area (Å²) < 4.78 is 29.0. The monoisotopic (exact) mass is 467 g/mol. The number of amides is 2. The SMILES string of the molecule is O=C1CCc2cc(S(=O)(=O)NC(C(=O)NCCC3=CCCCC3)c3ccccc3)ccc2N1. The quantitative estimate of drug-likeness (QED) is 0.516. The van der Waals surface area contributed by atoms with Gasteiger partial charge in [0.25, 0.3) is 0 Å². The normalized spacial score (nSPS) is 16.8. The summed E-state index contributed by atoms with van der Waals surface area (Å²) in [4.78, 5) is 24.7. The van der Waals surface area contributed by atoms with E-state index in [2.05, 4.69) is 21.4 Å². The van der Waals surface area contributed by atoms with Gasteiger partial charge in [-0.3, -0.25) is 9.59 Å². The maximum atomic E-state index is 13.2. The van der Waals surface area contributed by atoms with Crippen LogP contribution in [0.2, 0.25) is 0 Å². The summed E-state index contributed by atoms with van der Waals surface area (Å²) in [6.45, 7) is 0.467. The standard InChI is InChI=1S/C25H29N3O4S/c29-23-14-11-20-17-21(12-13-22(20)27-23)33(31,32)28-24(19-9-5-2-6-10-19)25(30)26-16-15-18-7-3-1-4-8-18/h2,5-7,9-10,12-13,17,24,28H,1,3-4,8,11,14-16H2,(H,26,30)(H,27,29). The molecule has 0 radical (unpaired) electrons. The van der Waals surface area contributed by atoms with Gasteiger partial charge in [0.2, 0.25) is 21.8 Å². The predicted octanol–water partition coefficient (Wildman–Crippen LogP) is 3.60. The van der Waals surface area contributed by atoms with Crippen LogP contribution in [0, 0.1) is 0 Å². The molecule has 0 spiro atoms. The fourth-order valence-corrected chi connectivity index (χ4v) is 5.48. The van der Waals surface area contributed by atoms with E-state index >= 15 is 0 Å². The van der Waals surface area contributed by atoms with Crippen molar-refractivity contribution in [2.45, 2.75) is 55.9 Å². The van der Waals surface area contributed by atoms with Crippen LogP contribution in [0.5, 0.6) is 0 Å². The molecular formula is C25H29N3O4S. The van der Waals surface area contributed by atoms with Gasteiger partial charge in [-0.1, -0.05) is 42.0 Å². The fourth-order valence-electron chi connectivity index (χ4n) is 4.25. The van der Waals surface area contributed by atoms with Crippen LogP contribution in [0.15, 0.2) is 65.1 Å². The lowest BCUT2D eigenvalue weighted by molar-refractivity contribution is -0.122. The van der Waals surface area contributed by atoms with Crippen LogP contribution >= 0.6 is 0 Å². The molecule has 0 aromatic heterocycles. The van der Waals surface area contributed by atoms with E-state index in [4.69, 9.17) is 0 Å². The number of hydrogen-bond acceptors (Lipinski definition) is 4. The summed E-state index contributed by atoms with van der Waals surface area (Å²) in [6.07, 6.45) is 8.34. The molecule has 2 aromatic rings. The molecule has 0 fully saturated rings. The van der Waals surface area contributed by atoms with Gasteiger partial charge in [0.1, 0.15) is 6.04 Å². The Balaban J connectivity index is 1.50. The van der Waals surface area contributed by atoms with Crippen LogP contribution in [0.1, 0.15) is 55.7 Å². The van der Waals surface area contributed by atoms with Crippen molar-refractivity contribution in [3.8, 4) is 0 Å². The van der Waals surface area contributed by atoms with Crippen molar-refractivity contribution in [3.05, 3.63) is 71.3 Å². The first-order valence-corrected chi connectivity index (χ1v) is 12.9. The second kappa shape index (κ2) is 10.3. The highest BCUT2D eigenvalue weighted by molar-refractivity contribution is 7.89. The molecular weight excluding hydrogens is 438 g/mol. The molecule has 0 bridgehead atoms. The highest BCUT2D eigenvalue weighted by atomic mass is 32.2. The first kappa shape index (κ1) is 23.2. The lowest BCUT2D eigenvalue weighted by Crippen LogP contribution is -2.40. The Morgan fingerprint density at radius 2 is 1.85 bits per heavy atom. The minimum absolute atomic E-state index is 0.0680. The number of rotatable bonds is 8. The second-order valence-electron chi connectivity index (χ2n) is 8.48. The first-order chi connectivity index (χ1) is 15.9. The predicted molar refractivity (Wildman–Crippen MR) is 127 cm³/mol. The summed E-state index contributed by atoms with van der Waals surface area (Å²) >= 11 is 0. The van der Waals surface area contributed by atoms with Crippen molar-refractivity contribution in [1.82, 2.24) is 10.0 Å².